The minimum absolute atomic E-state index is 0.121. The molecular weight excluding hydrogens is 198 g/mol. The fourth-order valence-electron chi connectivity index (χ4n) is 1.31. The average Bonchev–Trinajstić information content (AvgIpc) is 2.18. The van der Waals surface area contributed by atoms with Gasteiger partial charge >= 0.3 is 0 Å². The summed E-state index contributed by atoms with van der Waals surface area (Å²) in [7, 11) is 0. The van der Waals surface area contributed by atoms with Crippen LogP contribution in [0, 0.1) is 6.92 Å². The molecule has 0 fully saturated rings. The highest BCUT2D eigenvalue weighted by molar-refractivity contribution is 6.31. The van der Waals surface area contributed by atoms with E-state index in [2.05, 4.69) is 0 Å². The molecule has 0 aliphatic carbocycles. The van der Waals surface area contributed by atoms with E-state index in [4.69, 9.17) is 17.3 Å². The summed E-state index contributed by atoms with van der Waals surface area (Å²) in [4.78, 5) is 11.7. The first kappa shape index (κ1) is 11.2. The van der Waals surface area contributed by atoms with Crippen LogP contribution in [-0.2, 0) is 0 Å². The van der Waals surface area contributed by atoms with Crippen molar-refractivity contribution in [2.75, 3.05) is 6.54 Å². The summed E-state index contributed by atoms with van der Waals surface area (Å²) in [6, 6.07) is 5.39. The van der Waals surface area contributed by atoms with Gasteiger partial charge in [-0.25, -0.2) is 0 Å². The van der Waals surface area contributed by atoms with Gasteiger partial charge in [0.05, 0.1) is 0 Å². The summed E-state index contributed by atoms with van der Waals surface area (Å²) < 4.78 is 0. The minimum atomic E-state index is 0.121. The summed E-state index contributed by atoms with van der Waals surface area (Å²) in [5.41, 5.74) is 6.92. The van der Waals surface area contributed by atoms with Gasteiger partial charge in [-0.2, -0.15) is 0 Å². The predicted molar refractivity (Wildman–Crippen MR) is 58.8 cm³/mol. The lowest BCUT2D eigenvalue weighted by atomic mass is 10.0. The smallest absolute Gasteiger partial charge is 0.163 e. The van der Waals surface area contributed by atoms with Crippen molar-refractivity contribution >= 4 is 17.4 Å². The molecule has 0 spiro atoms. The van der Waals surface area contributed by atoms with E-state index in [0.717, 1.165) is 12.0 Å². The third kappa shape index (κ3) is 2.56. The topological polar surface area (TPSA) is 43.1 Å². The van der Waals surface area contributed by atoms with E-state index in [0.29, 0.717) is 23.6 Å². The van der Waals surface area contributed by atoms with E-state index in [-0.39, 0.29) is 5.78 Å². The maximum absolute atomic E-state index is 11.7. The summed E-state index contributed by atoms with van der Waals surface area (Å²) in [5.74, 6) is 0.121. The molecule has 0 saturated heterocycles. The Morgan fingerprint density at radius 2 is 2.21 bits per heavy atom. The molecule has 76 valence electrons. The van der Waals surface area contributed by atoms with Gasteiger partial charge in [-0.15, -0.1) is 0 Å². The quantitative estimate of drug-likeness (QED) is 0.778. The Labute approximate surface area is 89.1 Å². The number of hydrogen-bond donors (Lipinski definition) is 1. The predicted octanol–water partition coefficient (Wildman–Crippen LogP) is 2.57. The first-order valence-corrected chi connectivity index (χ1v) is 5.03. The summed E-state index contributed by atoms with van der Waals surface area (Å²) >= 11 is 5.92. The van der Waals surface area contributed by atoms with Crippen LogP contribution in [0.5, 0.6) is 0 Å². The van der Waals surface area contributed by atoms with Gasteiger partial charge in [-0.3, -0.25) is 4.79 Å². The number of rotatable bonds is 4. The fraction of sp³-hybridized carbons (Fsp3) is 0.364. The molecule has 0 radical (unpaired) electrons. The molecule has 0 saturated carbocycles. The molecule has 0 bridgehead atoms. The van der Waals surface area contributed by atoms with Gasteiger partial charge in [0, 0.05) is 17.0 Å². The van der Waals surface area contributed by atoms with Crippen LogP contribution in [0.3, 0.4) is 0 Å². The monoisotopic (exact) mass is 211 g/mol. The maximum atomic E-state index is 11.7. The van der Waals surface area contributed by atoms with Gasteiger partial charge in [0.25, 0.3) is 0 Å². The molecule has 0 unspecified atom stereocenters. The standard InChI is InChI=1S/C11H14ClNO/c1-8-9(4-2-5-10(8)12)11(14)6-3-7-13/h2,4-5H,3,6-7,13H2,1H3. The summed E-state index contributed by atoms with van der Waals surface area (Å²) in [5, 5.41) is 0.642. The Hall–Kier alpha value is -0.860. The molecule has 14 heavy (non-hydrogen) atoms. The van der Waals surface area contributed by atoms with Crippen molar-refractivity contribution in [1.82, 2.24) is 0 Å². The highest BCUT2D eigenvalue weighted by Gasteiger charge is 2.09. The lowest BCUT2D eigenvalue weighted by Gasteiger charge is -2.05. The van der Waals surface area contributed by atoms with Crippen LogP contribution in [0.2, 0.25) is 5.02 Å². The third-order valence-corrected chi connectivity index (χ3v) is 2.59. The fourth-order valence-corrected chi connectivity index (χ4v) is 1.48. The van der Waals surface area contributed by atoms with Gasteiger partial charge in [0.1, 0.15) is 0 Å². The van der Waals surface area contributed by atoms with Crippen LogP contribution in [0.1, 0.15) is 28.8 Å². The first-order valence-electron chi connectivity index (χ1n) is 4.65. The number of carbonyl (C=O) groups is 1. The van der Waals surface area contributed by atoms with E-state index in [1.54, 1.807) is 18.2 Å². The zero-order valence-electron chi connectivity index (χ0n) is 8.22. The number of nitrogens with two attached hydrogens (primary N) is 1. The van der Waals surface area contributed by atoms with E-state index < -0.39 is 0 Å². The summed E-state index contributed by atoms with van der Waals surface area (Å²) in [6.07, 6.45) is 1.22. The molecule has 1 aromatic carbocycles. The second-order valence-corrected chi connectivity index (χ2v) is 3.64. The third-order valence-electron chi connectivity index (χ3n) is 2.18. The van der Waals surface area contributed by atoms with Gasteiger partial charge in [0.2, 0.25) is 0 Å². The Kier molecular flexibility index (Phi) is 4.11. The van der Waals surface area contributed by atoms with Crippen LogP contribution < -0.4 is 5.73 Å². The van der Waals surface area contributed by atoms with Crippen LogP contribution in [-0.4, -0.2) is 12.3 Å². The highest BCUT2D eigenvalue weighted by atomic mass is 35.5. The van der Waals surface area contributed by atoms with E-state index in [1.807, 2.05) is 6.92 Å². The Bertz CT molecular complexity index is 336. The number of ketones is 1. The Balaban J connectivity index is 2.84. The molecule has 1 aromatic rings. The molecule has 2 N–H and O–H groups in total. The van der Waals surface area contributed by atoms with Gasteiger partial charge in [-0.05, 0) is 31.5 Å². The number of benzene rings is 1. The highest BCUT2D eigenvalue weighted by Crippen LogP contribution is 2.20. The normalized spacial score (nSPS) is 10.2. The van der Waals surface area contributed by atoms with Gasteiger partial charge in [0.15, 0.2) is 5.78 Å². The zero-order chi connectivity index (χ0) is 10.6. The molecule has 0 aliphatic heterocycles. The number of Topliss-reactive ketones (excluding diaryl/α,β-unsaturated/α-hetero) is 1. The van der Waals surface area contributed by atoms with E-state index in [1.165, 1.54) is 0 Å². The molecule has 0 atom stereocenters. The van der Waals surface area contributed by atoms with Crippen molar-refractivity contribution in [2.24, 2.45) is 5.73 Å². The van der Waals surface area contributed by atoms with Gasteiger partial charge in [-0.1, -0.05) is 23.7 Å². The average molecular weight is 212 g/mol. The van der Waals surface area contributed by atoms with Crippen molar-refractivity contribution < 1.29 is 4.79 Å². The van der Waals surface area contributed by atoms with Crippen molar-refractivity contribution in [3.05, 3.63) is 34.3 Å². The number of halogens is 1. The Morgan fingerprint density at radius 3 is 2.86 bits per heavy atom. The lowest BCUT2D eigenvalue weighted by molar-refractivity contribution is 0.0980. The second kappa shape index (κ2) is 5.13. The molecule has 1 rings (SSSR count). The Morgan fingerprint density at radius 1 is 1.50 bits per heavy atom. The molecular formula is C11H14ClNO. The minimum Gasteiger partial charge on any atom is -0.330 e. The summed E-state index contributed by atoms with van der Waals surface area (Å²) in [6.45, 7) is 2.41. The maximum Gasteiger partial charge on any atom is 0.163 e. The lowest BCUT2D eigenvalue weighted by Crippen LogP contribution is -2.06. The van der Waals surface area contributed by atoms with Crippen molar-refractivity contribution in [2.45, 2.75) is 19.8 Å². The number of carbonyl (C=O) groups excluding carboxylic acids is 1. The van der Waals surface area contributed by atoms with Crippen molar-refractivity contribution in [3.8, 4) is 0 Å². The molecule has 0 heterocycles. The molecule has 0 aliphatic rings. The van der Waals surface area contributed by atoms with Gasteiger partial charge < -0.3 is 5.73 Å². The largest absolute Gasteiger partial charge is 0.330 e. The zero-order valence-corrected chi connectivity index (χ0v) is 8.97. The first-order chi connectivity index (χ1) is 6.66. The van der Waals surface area contributed by atoms with Crippen molar-refractivity contribution in [3.63, 3.8) is 0 Å². The van der Waals surface area contributed by atoms with E-state index in [9.17, 15) is 4.79 Å². The SMILES string of the molecule is Cc1c(Cl)cccc1C(=O)CCCN. The molecule has 2 nitrogen and oxygen atoms in total. The van der Waals surface area contributed by atoms with Crippen LogP contribution in [0.4, 0.5) is 0 Å². The van der Waals surface area contributed by atoms with Crippen molar-refractivity contribution in [1.29, 1.82) is 0 Å². The van der Waals surface area contributed by atoms with Crippen LogP contribution >= 0.6 is 11.6 Å². The molecule has 0 amide bonds. The van der Waals surface area contributed by atoms with E-state index >= 15 is 0 Å². The second-order valence-electron chi connectivity index (χ2n) is 3.23. The molecule has 3 heteroatoms. The number of hydrogen-bond acceptors (Lipinski definition) is 2. The van der Waals surface area contributed by atoms with Crippen LogP contribution in [0.15, 0.2) is 18.2 Å². The molecule has 0 aromatic heterocycles. The van der Waals surface area contributed by atoms with Crippen LogP contribution in [0.25, 0.3) is 0 Å².